The molecule has 9 atom stereocenters. The monoisotopic (exact) mass is 1330 g/mol. The van der Waals surface area contributed by atoms with Gasteiger partial charge in [0.1, 0.15) is 36.2 Å². The molecule has 5 saturated carbocycles. The molecule has 98 heavy (non-hydrogen) atoms. The van der Waals surface area contributed by atoms with Crippen molar-refractivity contribution in [3.63, 3.8) is 0 Å². The Morgan fingerprint density at radius 2 is 0.837 bits per heavy atom. The molecule has 0 heterocycles. The fourth-order valence-electron chi connectivity index (χ4n) is 16.8. The molecule has 0 saturated heterocycles. The molecule has 17 nitrogen and oxygen atoms in total. The lowest BCUT2D eigenvalue weighted by Crippen LogP contribution is -2.57. The van der Waals surface area contributed by atoms with Gasteiger partial charge in [0, 0.05) is 59.3 Å². The number of nitrogens with one attached hydrogen (secondary N) is 2. The van der Waals surface area contributed by atoms with Crippen LogP contribution in [-0.4, -0.2) is 53.3 Å². The van der Waals surface area contributed by atoms with E-state index in [0.29, 0.717) is 53.8 Å². The van der Waals surface area contributed by atoms with E-state index in [0.717, 1.165) is 107 Å². The topological polar surface area (TPSA) is 234 Å². The van der Waals surface area contributed by atoms with E-state index >= 15 is 0 Å². The van der Waals surface area contributed by atoms with E-state index in [-0.39, 0.29) is 83.0 Å². The molecule has 0 unspecified atom stereocenters. The first-order valence-corrected chi connectivity index (χ1v) is 36.0. The molecular weight excluding hydrogens is 1240 g/mol. The van der Waals surface area contributed by atoms with Crippen molar-refractivity contribution in [3.8, 4) is 23.0 Å². The first kappa shape index (κ1) is 69.3. The van der Waals surface area contributed by atoms with E-state index in [1.54, 1.807) is 6.07 Å². The second kappa shape index (κ2) is 31.1. The summed E-state index contributed by atoms with van der Waals surface area (Å²) >= 11 is 0. The summed E-state index contributed by atoms with van der Waals surface area (Å²) in [5.74, 6) is 3.86. The third-order valence-corrected chi connectivity index (χ3v) is 22.6. The largest absolute Gasteiger partial charge is 0.519 e. The number of nitrogens with two attached hydrogens (primary N) is 1. The van der Waals surface area contributed by atoms with Crippen LogP contribution < -0.4 is 35.3 Å². The maximum Gasteiger partial charge on any atom is 0.519 e. The quantitative estimate of drug-likeness (QED) is 0.0285. The summed E-state index contributed by atoms with van der Waals surface area (Å²) in [6, 6.07) is 42.6. The fourth-order valence-corrected chi connectivity index (χ4v) is 16.8. The van der Waals surface area contributed by atoms with Gasteiger partial charge in [0.2, 0.25) is 0 Å². The van der Waals surface area contributed by atoms with Crippen LogP contribution in [0.3, 0.4) is 0 Å². The lowest BCUT2D eigenvalue weighted by molar-refractivity contribution is -0.384. The van der Waals surface area contributed by atoms with E-state index < -0.39 is 17.2 Å². The minimum atomic E-state index is -0.940. The van der Waals surface area contributed by atoms with Gasteiger partial charge in [-0.3, -0.25) is 19.7 Å². The Labute approximate surface area is 576 Å². The number of esters is 2. The van der Waals surface area contributed by atoms with Crippen LogP contribution in [0.1, 0.15) is 200 Å². The number of alkyl carbamates (subject to hydrolysis) is 2. The highest BCUT2D eigenvalue weighted by Crippen LogP contribution is 2.51. The predicted octanol–water partition coefficient (Wildman–Crippen LogP) is 17.1. The minimum Gasteiger partial charge on any atom is -0.445 e. The predicted molar refractivity (Wildman–Crippen MR) is 373 cm³/mol. The average molecular weight is 1330 g/mol. The summed E-state index contributed by atoms with van der Waals surface area (Å²) in [5, 5.41) is 17.3. The van der Waals surface area contributed by atoms with E-state index in [9.17, 15) is 34.1 Å². The molecule has 6 aromatic carbocycles. The molecule has 5 fully saturated rings. The zero-order valence-electron chi connectivity index (χ0n) is 57.1. The van der Waals surface area contributed by atoms with Crippen LogP contribution in [0.25, 0.3) is 0 Å². The van der Waals surface area contributed by atoms with Gasteiger partial charge in [-0.05, 0) is 206 Å². The highest BCUT2D eigenvalue weighted by atomic mass is 16.7. The van der Waals surface area contributed by atoms with Crippen LogP contribution in [-0.2, 0) is 67.8 Å². The maximum atomic E-state index is 13.0. The van der Waals surface area contributed by atoms with Gasteiger partial charge in [0.05, 0.1) is 4.92 Å². The molecule has 4 N–H and O–H groups in total. The van der Waals surface area contributed by atoms with Crippen molar-refractivity contribution in [3.05, 3.63) is 194 Å². The van der Waals surface area contributed by atoms with E-state index in [1.807, 2.05) is 84.9 Å². The third-order valence-electron chi connectivity index (χ3n) is 22.6. The highest BCUT2D eigenvalue weighted by molar-refractivity contribution is 5.74. The van der Waals surface area contributed by atoms with Gasteiger partial charge in [-0.15, -0.1) is 0 Å². The van der Waals surface area contributed by atoms with E-state index in [4.69, 9.17) is 34.2 Å². The van der Waals surface area contributed by atoms with E-state index in [1.165, 1.54) is 103 Å². The Hall–Kier alpha value is -8.57. The standard InChI is InChI=1S/C31H32N2O7.C29H35NO4.C21H29NO2/c1-31-17-7-3-6-10-23(28(31)32-29(34)38-20-21-8-4-2-5-9-21)18-22-11-14-26(19-27(22)31)40-30(35)39-25-15-12-24(13-16-25)33(36)37;1-29-15-7-3-6-10-23(27(29)30-28(32)33-19-21-8-4-2-5-9-21)17-22-13-14-24(18-25(22)29)34-26(31)16-20-11-12-20;1-21-10-4-2-3-5-16(20(21)22)12-15-8-9-17(13-18(15)21)24-19(23)11-14-6-7-14/h2,4-5,8-9,11-16,19,23,28H,3,6-7,10,17-18,20H2,1H3,(H,32,34);2,4-5,8-9,13-14,18,20,23,27H,3,6-7,10-12,15-17,19H2,1H3,(H,30,32);8-9,13-14,16,20H,2-7,10-12,22H2,1H3/t23-,28-,31+;23-,27-,29+;16-,20-,21+/m000/s1. The number of hydrogen-bond donors (Lipinski definition) is 3. The number of ether oxygens (including phenoxy) is 6. The summed E-state index contributed by atoms with van der Waals surface area (Å²) < 4.78 is 33.2. The number of carbonyl (C=O) groups excluding carboxylic acids is 5. The van der Waals surface area contributed by atoms with Crippen LogP contribution in [0.15, 0.2) is 140 Å². The van der Waals surface area contributed by atoms with Crippen molar-refractivity contribution >= 4 is 36.0 Å². The number of nitro benzene ring substituents is 1. The Balaban J connectivity index is 0.000000144. The van der Waals surface area contributed by atoms with Crippen LogP contribution in [0.5, 0.6) is 23.0 Å². The molecule has 0 radical (unpaired) electrons. The van der Waals surface area contributed by atoms with Crippen LogP contribution in [0.4, 0.5) is 20.1 Å². The molecular formula is C81H96N4O13. The first-order valence-electron chi connectivity index (χ1n) is 36.0. The molecule has 0 aliphatic heterocycles. The van der Waals surface area contributed by atoms with Crippen molar-refractivity contribution < 1.29 is 57.3 Å². The molecule has 0 spiro atoms. The van der Waals surface area contributed by atoms with Gasteiger partial charge < -0.3 is 44.8 Å². The number of amides is 2. The molecule has 2 amide bonds. The zero-order chi connectivity index (χ0) is 68.4. The van der Waals surface area contributed by atoms with Gasteiger partial charge in [-0.2, -0.15) is 0 Å². The normalized spacial score (nSPS) is 25.8. The number of nitrogens with zero attached hydrogens (tertiary/aromatic N) is 1. The van der Waals surface area contributed by atoms with Crippen molar-refractivity contribution in [1.29, 1.82) is 0 Å². The number of rotatable bonds is 15. The Morgan fingerprint density at radius 1 is 0.459 bits per heavy atom. The van der Waals surface area contributed by atoms with Crippen LogP contribution in [0.2, 0.25) is 0 Å². The molecule has 0 aromatic heterocycles. The summed E-state index contributed by atoms with van der Waals surface area (Å²) in [6.45, 7) is 7.22. The van der Waals surface area contributed by atoms with Crippen LogP contribution in [0, 0.1) is 39.7 Å². The van der Waals surface area contributed by atoms with Gasteiger partial charge in [0.15, 0.2) is 0 Å². The third kappa shape index (κ3) is 17.1. The second-order valence-electron chi connectivity index (χ2n) is 29.7. The number of benzene rings is 6. The van der Waals surface area contributed by atoms with Gasteiger partial charge >= 0.3 is 30.3 Å². The molecule has 6 bridgehead atoms. The molecule has 8 aliphatic rings. The van der Waals surface area contributed by atoms with Crippen LogP contribution >= 0.6 is 0 Å². The summed E-state index contributed by atoms with van der Waals surface area (Å²) in [5.41, 5.74) is 15.4. The van der Waals surface area contributed by atoms with Gasteiger partial charge in [-0.25, -0.2) is 14.4 Å². The molecule has 518 valence electrons. The summed E-state index contributed by atoms with van der Waals surface area (Å²) in [4.78, 5) is 73.0. The van der Waals surface area contributed by atoms with Crippen molar-refractivity contribution in [2.75, 3.05) is 0 Å². The van der Waals surface area contributed by atoms with E-state index in [2.05, 4.69) is 55.7 Å². The SMILES string of the molecule is C[C@@]12CCCCC[C@@H](Cc3ccc(OC(=O)CC4CC4)cc31)[C@@H]2N.C[C@@]12CCCCC[C@@H](Cc3ccc(OC(=O)CC4CC4)cc31)[C@@H]2NC(=O)OCc1ccccc1.C[C@@]12CCCCC[C@@H](Cc3ccc(OC(=O)Oc4ccc([N+](=O)[O-])cc4)cc31)[C@@H]2NC(=O)OCc1ccccc1. The van der Waals surface area contributed by atoms with Crippen molar-refractivity contribution in [2.24, 2.45) is 35.3 Å². The maximum absolute atomic E-state index is 13.0. The summed E-state index contributed by atoms with van der Waals surface area (Å²) in [6.07, 6.45) is 23.7. The van der Waals surface area contributed by atoms with Gasteiger partial charge in [0.25, 0.3) is 5.69 Å². The smallest absolute Gasteiger partial charge is 0.445 e. The zero-order valence-corrected chi connectivity index (χ0v) is 57.1. The number of non-ortho nitro benzene ring substituents is 1. The lowest BCUT2D eigenvalue weighted by Gasteiger charge is -2.49. The molecule has 14 rings (SSSR count). The Bertz CT molecular complexity index is 3800. The van der Waals surface area contributed by atoms with Crippen molar-refractivity contribution in [1.82, 2.24) is 10.6 Å². The second-order valence-corrected chi connectivity index (χ2v) is 29.7. The van der Waals surface area contributed by atoms with Gasteiger partial charge in [-0.1, -0.05) is 157 Å². The fraction of sp³-hybridized carbons (Fsp3) is 0.494. The Morgan fingerprint density at radius 3 is 1.27 bits per heavy atom. The number of carbonyl (C=O) groups is 5. The molecule has 17 heteroatoms. The lowest BCUT2D eigenvalue weighted by atomic mass is 9.59. The number of nitro groups is 1. The number of fused-ring (bicyclic) bond motifs is 12. The number of hydrogen-bond acceptors (Lipinski definition) is 14. The highest BCUT2D eigenvalue weighted by Gasteiger charge is 2.49. The molecule has 6 aromatic rings. The Kier molecular flexibility index (Phi) is 22.0. The average Bonchev–Trinajstić information content (AvgIpc) is 1.17. The minimum absolute atomic E-state index is 0.0115. The first-order chi connectivity index (χ1) is 47.4. The summed E-state index contributed by atoms with van der Waals surface area (Å²) in [7, 11) is 0. The van der Waals surface area contributed by atoms with Crippen molar-refractivity contribution in [2.45, 2.75) is 222 Å². The molecule has 8 aliphatic carbocycles.